The number of halogens is 3. The molecule has 0 saturated heterocycles. The second-order valence-electron chi connectivity index (χ2n) is 10.4. The molecule has 46 heavy (non-hydrogen) atoms. The van der Waals surface area contributed by atoms with Crippen LogP contribution in [0.5, 0.6) is 11.5 Å². The first-order valence-electron chi connectivity index (χ1n) is 14.3. The highest BCUT2D eigenvalue weighted by molar-refractivity contribution is 9.10. The zero-order chi connectivity index (χ0) is 32.5. The molecule has 0 aliphatic carbocycles. The summed E-state index contributed by atoms with van der Waals surface area (Å²) in [4.78, 5) is 32.8. The molecular formula is C35H27BrCl2N2O5S. The molecule has 7 nitrogen and oxygen atoms in total. The highest BCUT2D eigenvalue weighted by atomic mass is 79.9. The molecule has 0 amide bonds. The van der Waals surface area contributed by atoms with Crippen LogP contribution in [0.15, 0.2) is 98.3 Å². The molecule has 6 rings (SSSR count). The molecule has 0 N–H and O–H groups in total. The Hall–Kier alpha value is -3.89. The largest absolute Gasteiger partial charge is 0.493 e. The predicted molar refractivity (Wildman–Crippen MR) is 186 cm³/mol. The summed E-state index contributed by atoms with van der Waals surface area (Å²) in [6.07, 6.45) is 1.78. The Kier molecular flexibility index (Phi) is 9.38. The lowest BCUT2D eigenvalue weighted by Crippen LogP contribution is -2.40. The Labute approximate surface area is 287 Å². The molecule has 11 heteroatoms. The van der Waals surface area contributed by atoms with Gasteiger partial charge in [0.15, 0.2) is 16.3 Å². The Balaban J connectivity index is 1.45. The maximum Gasteiger partial charge on any atom is 0.338 e. The van der Waals surface area contributed by atoms with E-state index in [-0.39, 0.29) is 18.8 Å². The Morgan fingerprint density at radius 3 is 2.63 bits per heavy atom. The smallest absolute Gasteiger partial charge is 0.338 e. The van der Waals surface area contributed by atoms with E-state index in [1.807, 2.05) is 48.5 Å². The number of benzene rings is 4. The van der Waals surface area contributed by atoms with Crippen LogP contribution in [-0.4, -0.2) is 24.3 Å². The number of carbonyl (C=O) groups is 1. The fourth-order valence-electron chi connectivity index (χ4n) is 5.48. The Morgan fingerprint density at radius 2 is 1.87 bits per heavy atom. The van der Waals surface area contributed by atoms with Crippen LogP contribution in [0.4, 0.5) is 0 Å². The third-order valence-electron chi connectivity index (χ3n) is 7.57. The molecule has 0 spiro atoms. The first-order chi connectivity index (χ1) is 22.2. The van der Waals surface area contributed by atoms with Gasteiger partial charge in [0.2, 0.25) is 0 Å². The van der Waals surface area contributed by atoms with E-state index in [9.17, 15) is 9.59 Å². The zero-order valence-electron chi connectivity index (χ0n) is 25.0. The van der Waals surface area contributed by atoms with Crippen LogP contribution in [0.2, 0.25) is 10.0 Å². The van der Waals surface area contributed by atoms with E-state index in [1.165, 1.54) is 11.3 Å². The van der Waals surface area contributed by atoms with Crippen molar-refractivity contribution in [1.82, 2.24) is 4.57 Å². The van der Waals surface area contributed by atoms with Gasteiger partial charge in [-0.15, -0.1) is 0 Å². The van der Waals surface area contributed by atoms with Gasteiger partial charge in [-0.25, -0.2) is 9.79 Å². The topological polar surface area (TPSA) is 79.1 Å². The van der Waals surface area contributed by atoms with Gasteiger partial charge in [0.05, 0.1) is 40.0 Å². The zero-order valence-corrected chi connectivity index (χ0v) is 28.9. The molecule has 0 fully saturated rings. The van der Waals surface area contributed by atoms with Crippen molar-refractivity contribution in [1.29, 1.82) is 0 Å². The van der Waals surface area contributed by atoms with Gasteiger partial charge in [0.1, 0.15) is 6.61 Å². The Bertz CT molecular complexity index is 2220. The number of hydrogen-bond acceptors (Lipinski definition) is 7. The van der Waals surface area contributed by atoms with Crippen LogP contribution < -0.4 is 24.4 Å². The van der Waals surface area contributed by atoms with Crippen LogP contribution in [0.1, 0.15) is 36.6 Å². The van der Waals surface area contributed by atoms with Gasteiger partial charge in [0.25, 0.3) is 5.56 Å². The number of fused-ring (bicyclic) bond motifs is 2. The average Bonchev–Trinajstić information content (AvgIpc) is 3.33. The molecule has 1 aromatic heterocycles. The summed E-state index contributed by atoms with van der Waals surface area (Å²) in [6.45, 7) is 3.93. The molecular weight excluding hydrogens is 711 g/mol. The van der Waals surface area contributed by atoms with Gasteiger partial charge in [-0.1, -0.05) is 83.1 Å². The Morgan fingerprint density at radius 1 is 1.09 bits per heavy atom. The molecule has 0 bridgehead atoms. The first kappa shape index (κ1) is 32.1. The van der Waals surface area contributed by atoms with Crippen LogP contribution in [0.25, 0.3) is 16.8 Å². The molecule has 1 atom stereocenters. The number of hydrogen-bond donors (Lipinski definition) is 0. The molecule has 0 unspecified atom stereocenters. The summed E-state index contributed by atoms with van der Waals surface area (Å²) in [6, 6.07) is 21.9. The number of rotatable bonds is 8. The molecule has 4 aromatic carbocycles. The van der Waals surface area contributed by atoms with Gasteiger partial charge >= 0.3 is 5.97 Å². The second kappa shape index (κ2) is 13.5. The van der Waals surface area contributed by atoms with E-state index in [0.717, 1.165) is 21.9 Å². The number of allylic oxidation sites excluding steroid dienone is 1. The number of ether oxygens (including phenoxy) is 3. The minimum atomic E-state index is -0.722. The number of carbonyl (C=O) groups excluding carboxylic acids is 1. The minimum absolute atomic E-state index is 0.194. The monoisotopic (exact) mass is 736 g/mol. The number of aromatic nitrogens is 1. The fraction of sp³-hybridized carbons (Fsp3) is 0.171. The van der Waals surface area contributed by atoms with E-state index in [2.05, 4.69) is 15.9 Å². The summed E-state index contributed by atoms with van der Waals surface area (Å²) >= 11 is 17.2. The normalized spacial score (nSPS) is 14.7. The van der Waals surface area contributed by atoms with Crippen LogP contribution in [-0.2, 0) is 16.1 Å². The molecule has 5 aromatic rings. The summed E-state index contributed by atoms with van der Waals surface area (Å²) < 4.78 is 19.9. The van der Waals surface area contributed by atoms with Crippen molar-refractivity contribution in [2.45, 2.75) is 26.5 Å². The van der Waals surface area contributed by atoms with E-state index in [4.69, 9.17) is 42.4 Å². The van der Waals surface area contributed by atoms with Gasteiger partial charge in [-0.2, -0.15) is 0 Å². The third-order valence-corrected chi connectivity index (χ3v) is 9.73. The second-order valence-corrected chi connectivity index (χ2v) is 13.1. The van der Waals surface area contributed by atoms with Crippen molar-refractivity contribution < 1.29 is 19.0 Å². The van der Waals surface area contributed by atoms with Crippen LogP contribution in [0.3, 0.4) is 0 Å². The minimum Gasteiger partial charge on any atom is -0.493 e. The van der Waals surface area contributed by atoms with Crippen molar-refractivity contribution in [3.8, 4) is 11.5 Å². The van der Waals surface area contributed by atoms with E-state index >= 15 is 0 Å². The summed E-state index contributed by atoms with van der Waals surface area (Å²) in [7, 11) is 1.55. The summed E-state index contributed by atoms with van der Waals surface area (Å²) in [5, 5.41) is 2.97. The number of methoxy groups -OCH3 is 1. The first-order valence-corrected chi connectivity index (χ1v) is 16.7. The van der Waals surface area contributed by atoms with Crippen molar-refractivity contribution in [3.63, 3.8) is 0 Å². The molecule has 0 saturated carbocycles. The number of esters is 1. The quantitative estimate of drug-likeness (QED) is 0.153. The summed E-state index contributed by atoms with van der Waals surface area (Å²) in [5.74, 6) is 0.449. The molecule has 1 aliphatic heterocycles. The van der Waals surface area contributed by atoms with E-state index < -0.39 is 12.0 Å². The van der Waals surface area contributed by atoms with Crippen molar-refractivity contribution in [2.24, 2.45) is 4.99 Å². The van der Waals surface area contributed by atoms with Crippen LogP contribution in [0, 0.1) is 0 Å². The van der Waals surface area contributed by atoms with Crippen molar-refractivity contribution >= 4 is 73.3 Å². The van der Waals surface area contributed by atoms with E-state index in [1.54, 1.807) is 55.9 Å². The van der Waals surface area contributed by atoms with Crippen molar-refractivity contribution in [3.05, 3.63) is 135 Å². The molecule has 1 aliphatic rings. The van der Waals surface area contributed by atoms with Gasteiger partial charge in [-0.05, 0) is 82.0 Å². The lowest BCUT2D eigenvalue weighted by Gasteiger charge is -2.25. The predicted octanol–water partition coefficient (Wildman–Crippen LogP) is 7.61. The third kappa shape index (κ3) is 6.12. The van der Waals surface area contributed by atoms with Gasteiger partial charge in [-0.3, -0.25) is 9.36 Å². The van der Waals surface area contributed by atoms with E-state index in [0.29, 0.717) is 52.2 Å². The van der Waals surface area contributed by atoms with Crippen molar-refractivity contribution in [2.75, 3.05) is 13.7 Å². The number of nitrogens with zero attached hydrogens (tertiary/aromatic N) is 2. The summed E-state index contributed by atoms with van der Waals surface area (Å²) in [5.41, 5.74) is 2.86. The lowest BCUT2D eigenvalue weighted by molar-refractivity contribution is -0.139. The maximum atomic E-state index is 14.2. The highest BCUT2D eigenvalue weighted by Crippen LogP contribution is 2.38. The molecule has 0 radical (unpaired) electrons. The average molecular weight is 738 g/mol. The molecule has 234 valence electrons. The highest BCUT2D eigenvalue weighted by Gasteiger charge is 2.34. The molecule has 2 heterocycles. The number of thiazole rings is 1. The van der Waals surface area contributed by atoms with Crippen LogP contribution >= 0.6 is 50.5 Å². The lowest BCUT2D eigenvalue weighted by atomic mass is 9.91. The maximum absolute atomic E-state index is 14.2. The SMILES string of the molecule is CCOC(=O)C1=C(C)N=c2s/c(=C\c3cc(Br)c(OCc4ccc(Cl)cc4Cl)c(OC)c3)c(=O)n2[C@@H]1c1cccc2ccccc12. The fourth-order valence-corrected chi connectivity index (χ4v) is 7.56. The standard InChI is InChI=1S/C35H27BrCl2N2O5S/c1-4-44-34(42)30-19(2)39-35-40(31(30)25-11-7-9-21-8-5-6-10-24(21)25)33(41)29(46-35)16-20-14-26(36)32(28(15-20)43-3)45-18-22-12-13-23(37)17-27(22)38/h5-17,31H,4,18H2,1-3H3/b29-16-/t31-/m1/s1. The van der Waals surface area contributed by atoms with Gasteiger partial charge < -0.3 is 14.2 Å². The van der Waals surface area contributed by atoms with Gasteiger partial charge in [0, 0.05) is 15.6 Å².